The molecule has 7 heteroatoms. The van der Waals surface area contributed by atoms with Crippen molar-refractivity contribution in [2.24, 2.45) is 0 Å². The molecule has 2 heterocycles. The number of piperazine rings is 1. The standard InChI is InChI=1S/C25H23FN2O3S/c26-20-10-8-19(9-11-20)17-22(23-7-4-16-32-23)25(30)31-18-24(29)28-14-12-27(13-15-28)21-5-2-1-3-6-21/h1-11,16-17H,12-15,18H2. The van der Waals surface area contributed by atoms with Crippen molar-refractivity contribution in [3.8, 4) is 0 Å². The lowest BCUT2D eigenvalue weighted by Crippen LogP contribution is -2.49. The maximum absolute atomic E-state index is 13.2. The van der Waals surface area contributed by atoms with E-state index in [9.17, 15) is 14.0 Å². The maximum Gasteiger partial charge on any atom is 0.340 e. The molecule has 164 valence electrons. The fraction of sp³-hybridized carbons (Fsp3) is 0.200. The van der Waals surface area contributed by atoms with Gasteiger partial charge in [0.25, 0.3) is 5.91 Å². The molecule has 0 atom stereocenters. The monoisotopic (exact) mass is 450 g/mol. The minimum atomic E-state index is -0.576. The van der Waals surface area contributed by atoms with Crippen LogP contribution in [0.4, 0.5) is 10.1 Å². The predicted octanol–water partition coefficient (Wildman–Crippen LogP) is 4.32. The van der Waals surface area contributed by atoms with Crippen LogP contribution in [0.3, 0.4) is 0 Å². The van der Waals surface area contributed by atoms with E-state index in [-0.39, 0.29) is 18.3 Å². The highest BCUT2D eigenvalue weighted by atomic mass is 32.1. The van der Waals surface area contributed by atoms with Crippen LogP contribution in [0.25, 0.3) is 11.6 Å². The van der Waals surface area contributed by atoms with Crippen LogP contribution in [0.5, 0.6) is 0 Å². The van der Waals surface area contributed by atoms with E-state index >= 15 is 0 Å². The molecule has 3 aromatic rings. The number of anilines is 1. The number of para-hydroxylation sites is 1. The lowest BCUT2D eigenvalue weighted by molar-refractivity contribution is -0.147. The Hall–Kier alpha value is -3.45. The van der Waals surface area contributed by atoms with E-state index in [0.29, 0.717) is 24.2 Å². The molecule has 4 rings (SSSR count). The number of carbonyl (C=O) groups is 2. The quantitative estimate of drug-likeness (QED) is 0.415. The van der Waals surface area contributed by atoms with Gasteiger partial charge in [-0.1, -0.05) is 36.4 Å². The lowest BCUT2D eigenvalue weighted by Gasteiger charge is -2.36. The summed E-state index contributed by atoms with van der Waals surface area (Å²) in [5.41, 5.74) is 2.15. The summed E-state index contributed by atoms with van der Waals surface area (Å²) in [6, 6.07) is 19.6. The minimum absolute atomic E-state index is 0.210. The van der Waals surface area contributed by atoms with E-state index in [1.165, 1.54) is 23.5 Å². The smallest absolute Gasteiger partial charge is 0.340 e. The number of hydrogen-bond donors (Lipinski definition) is 0. The van der Waals surface area contributed by atoms with E-state index < -0.39 is 5.97 Å². The Labute approximate surface area is 190 Å². The third-order valence-electron chi connectivity index (χ3n) is 5.27. The molecule has 0 bridgehead atoms. The van der Waals surface area contributed by atoms with Gasteiger partial charge in [-0.3, -0.25) is 4.79 Å². The Balaban J connectivity index is 1.36. The Bertz CT molecular complexity index is 1070. The summed E-state index contributed by atoms with van der Waals surface area (Å²) in [5.74, 6) is -1.13. The van der Waals surface area contributed by atoms with Gasteiger partial charge in [-0.2, -0.15) is 0 Å². The highest BCUT2D eigenvalue weighted by Crippen LogP contribution is 2.24. The van der Waals surface area contributed by atoms with Crippen molar-refractivity contribution in [3.63, 3.8) is 0 Å². The van der Waals surface area contributed by atoms with E-state index in [1.54, 1.807) is 23.1 Å². The van der Waals surface area contributed by atoms with Gasteiger partial charge in [-0.05, 0) is 47.4 Å². The second-order valence-corrected chi connectivity index (χ2v) is 8.31. The summed E-state index contributed by atoms with van der Waals surface area (Å²) in [7, 11) is 0. The van der Waals surface area contributed by atoms with Gasteiger partial charge >= 0.3 is 5.97 Å². The molecule has 0 saturated carbocycles. The zero-order chi connectivity index (χ0) is 22.3. The Morgan fingerprint density at radius 3 is 2.31 bits per heavy atom. The Kier molecular flexibility index (Phi) is 6.97. The average Bonchev–Trinajstić information content (AvgIpc) is 3.37. The van der Waals surface area contributed by atoms with Crippen molar-refractivity contribution >= 4 is 40.5 Å². The molecule has 1 saturated heterocycles. The van der Waals surface area contributed by atoms with Gasteiger partial charge < -0.3 is 14.5 Å². The summed E-state index contributed by atoms with van der Waals surface area (Å²) >= 11 is 1.40. The van der Waals surface area contributed by atoms with Crippen molar-refractivity contribution in [3.05, 3.63) is 88.4 Å². The Morgan fingerprint density at radius 1 is 0.938 bits per heavy atom. The average molecular weight is 451 g/mol. The van der Waals surface area contributed by atoms with Crippen LogP contribution in [-0.4, -0.2) is 49.6 Å². The summed E-state index contributed by atoms with van der Waals surface area (Å²) in [5, 5.41) is 1.86. The number of nitrogens with zero attached hydrogens (tertiary/aromatic N) is 2. The van der Waals surface area contributed by atoms with E-state index in [2.05, 4.69) is 17.0 Å². The number of hydrogen-bond acceptors (Lipinski definition) is 5. The number of benzene rings is 2. The molecule has 0 radical (unpaired) electrons. The van der Waals surface area contributed by atoms with Gasteiger partial charge in [0.2, 0.25) is 0 Å². The third kappa shape index (κ3) is 5.42. The van der Waals surface area contributed by atoms with Crippen LogP contribution in [0.2, 0.25) is 0 Å². The molecule has 0 spiro atoms. The summed E-state index contributed by atoms with van der Waals surface area (Å²) < 4.78 is 18.6. The number of rotatable bonds is 6. The molecule has 32 heavy (non-hydrogen) atoms. The molecule has 1 aliphatic rings. The summed E-state index contributed by atoms with van der Waals surface area (Å²) in [6.07, 6.45) is 1.65. The first-order valence-corrected chi connectivity index (χ1v) is 11.2. The molecule has 0 unspecified atom stereocenters. The predicted molar refractivity (Wildman–Crippen MR) is 125 cm³/mol. The number of esters is 1. The minimum Gasteiger partial charge on any atom is -0.452 e. The number of ether oxygens (including phenoxy) is 1. The van der Waals surface area contributed by atoms with Gasteiger partial charge in [-0.15, -0.1) is 11.3 Å². The van der Waals surface area contributed by atoms with Crippen molar-refractivity contribution in [2.75, 3.05) is 37.7 Å². The topological polar surface area (TPSA) is 49.9 Å². The maximum atomic E-state index is 13.2. The van der Waals surface area contributed by atoms with Crippen molar-refractivity contribution < 1.29 is 18.7 Å². The van der Waals surface area contributed by atoms with E-state index in [4.69, 9.17) is 4.74 Å². The van der Waals surface area contributed by atoms with Gasteiger partial charge in [0, 0.05) is 36.7 Å². The second kappa shape index (κ2) is 10.2. The first kappa shape index (κ1) is 21.8. The largest absolute Gasteiger partial charge is 0.452 e. The van der Waals surface area contributed by atoms with Crippen LogP contribution >= 0.6 is 11.3 Å². The molecular weight excluding hydrogens is 427 g/mol. The molecule has 2 aromatic carbocycles. The number of amides is 1. The fourth-order valence-corrected chi connectivity index (χ4v) is 4.27. The number of halogens is 1. The summed E-state index contributed by atoms with van der Waals surface area (Å²) in [6.45, 7) is 2.31. The van der Waals surface area contributed by atoms with E-state index in [1.807, 2.05) is 35.7 Å². The Morgan fingerprint density at radius 2 is 1.66 bits per heavy atom. The number of thiophene rings is 1. The molecule has 1 aliphatic heterocycles. The molecule has 0 aliphatic carbocycles. The zero-order valence-electron chi connectivity index (χ0n) is 17.4. The van der Waals surface area contributed by atoms with Crippen LogP contribution < -0.4 is 4.90 Å². The normalized spacial score (nSPS) is 14.3. The third-order valence-corrected chi connectivity index (χ3v) is 6.17. The first-order chi connectivity index (χ1) is 15.6. The molecule has 5 nitrogen and oxygen atoms in total. The lowest BCUT2D eigenvalue weighted by atomic mass is 10.1. The van der Waals surface area contributed by atoms with Gasteiger partial charge in [-0.25, -0.2) is 9.18 Å². The number of carbonyl (C=O) groups excluding carboxylic acids is 2. The molecule has 1 fully saturated rings. The molecule has 0 N–H and O–H groups in total. The molecular formula is C25H23FN2O3S. The van der Waals surface area contributed by atoms with Crippen LogP contribution in [0.15, 0.2) is 72.1 Å². The zero-order valence-corrected chi connectivity index (χ0v) is 18.3. The second-order valence-electron chi connectivity index (χ2n) is 7.37. The highest BCUT2D eigenvalue weighted by Gasteiger charge is 2.23. The van der Waals surface area contributed by atoms with Gasteiger partial charge in [0.15, 0.2) is 6.61 Å². The SMILES string of the molecule is O=C(OCC(=O)N1CCN(c2ccccc2)CC1)C(=Cc1ccc(F)cc1)c1cccs1. The van der Waals surface area contributed by atoms with Crippen LogP contribution in [0, 0.1) is 5.82 Å². The summed E-state index contributed by atoms with van der Waals surface area (Å²) in [4.78, 5) is 30.1. The van der Waals surface area contributed by atoms with Gasteiger partial charge in [0.1, 0.15) is 5.82 Å². The van der Waals surface area contributed by atoms with Crippen molar-refractivity contribution in [1.29, 1.82) is 0 Å². The fourth-order valence-electron chi connectivity index (χ4n) is 3.54. The van der Waals surface area contributed by atoms with Crippen LogP contribution in [-0.2, 0) is 14.3 Å². The van der Waals surface area contributed by atoms with Crippen molar-refractivity contribution in [1.82, 2.24) is 4.90 Å². The molecule has 1 aromatic heterocycles. The van der Waals surface area contributed by atoms with Crippen molar-refractivity contribution in [2.45, 2.75) is 0 Å². The first-order valence-electron chi connectivity index (χ1n) is 10.4. The van der Waals surface area contributed by atoms with Crippen LogP contribution in [0.1, 0.15) is 10.4 Å². The highest BCUT2D eigenvalue weighted by molar-refractivity contribution is 7.11. The molecule has 1 amide bonds. The van der Waals surface area contributed by atoms with E-state index in [0.717, 1.165) is 23.7 Å². The van der Waals surface area contributed by atoms with Gasteiger partial charge in [0.05, 0.1) is 5.57 Å².